The fourth-order valence-corrected chi connectivity index (χ4v) is 2.51. The molecule has 4 heteroatoms. The van der Waals surface area contributed by atoms with Gasteiger partial charge in [-0.25, -0.2) is 4.98 Å². The van der Waals surface area contributed by atoms with E-state index in [0.717, 1.165) is 10.3 Å². The average Bonchev–Trinajstić information content (AvgIpc) is 2.82. The lowest BCUT2D eigenvalue weighted by Gasteiger charge is -2.20. The number of aromatic nitrogens is 2. The smallest absolute Gasteiger partial charge is 0.122 e. The average molecular weight is 294 g/mol. The Morgan fingerprint density at radius 1 is 1.24 bits per heavy atom. The molecule has 1 aromatic carbocycles. The molecule has 0 bridgehead atoms. The van der Waals surface area contributed by atoms with Gasteiger partial charge in [0.25, 0.3) is 0 Å². The van der Waals surface area contributed by atoms with Crippen molar-refractivity contribution in [2.45, 2.75) is 25.9 Å². The summed E-state index contributed by atoms with van der Waals surface area (Å²) in [7, 11) is 0. The maximum Gasteiger partial charge on any atom is 0.122 e. The van der Waals surface area contributed by atoms with Crippen LogP contribution in [0.1, 0.15) is 37.3 Å². The third-order valence-electron chi connectivity index (χ3n) is 2.80. The highest BCUT2D eigenvalue weighted by Crippen LogP contribution is 2.24. The molecule has 2 atom stereocenters. The zero-order valence-corrected chi connectivity index (χ0v) is 11.5. The Morgan fingerprint density at radius 2 is 2.00 bits per heavy atom. The third kappa shape index (κ3) is 2.96. The first-order valence-electron chi connectivity index (χ1n) is 5.68. The van der Waals surface area contributed by atoms with Gasteiger partial charge in [0.1, 0.15) is 5.82 Å². The molecule has 0 radical (unpaired) electrons. The Hall–Kier alpha value is -1.13. The van der Waals surface area contributed by atoms with Crippen molar-refractivity contribution < 1.29 is 0 Å². The number of H-pyrrole nitrogens is 1. The van der Waals surface area contributed by atoms with Gasteiger partial charge in [-0.15, -0.1) is 0 Å². The van der Waals surface area contributed by atoms with Gasteiger partial charge in [0.2, 0.25) is 0 Å². The Morgan fingerprint density at radius 3 is 2.65 bits per heavy atom. The van der Waals surface area contributed by atoms with Gasteiger partial charge >= 0.3 is 0 Å². The zero-order chi connectivity index (χ0) is 12.3. The fraction of sp³-hybridized carbons (Fsp3) is 0.308. The number of nitrogens with one attached hydrogen (secondary N) is 2. The first kappa shape index (κ1) is 12.3. The topological polar surface area (TPSA) is 40.7 Å². The normalized spacial score (nSPS) is 14.5. The molecule has 0 unspecified atom stereocenters. The van der Waals surface area contributed by atoms with Gasteiger partial charge in [0, 0.05) is 22.9 Å². The summed E-state index contributed by atoms with van der Waals surface area (Å²) < 4.78 is 1.13. The van der Waals surface area contributed by atoms with E-state index in [2.05, 4.69) is 63.3 Å². The number of imidazole rings is 1. The molecule has 2 aromatic rings. The van der Waals surface area contributed by atoms with E-state index in [4.69, 9.17) is 0 Å². The predicted octanol–water partition coefficient (Wildman–Crippen LogP) is 3.58. The van der Waals surface area contributed by atoms with E-state index >= 15 is 0 Å². The summed E-state index contributed by atoms with van der Waals surface area (Å²) in [5, 5.41) is 3.52. The van der Waals surface area contributed by atoms with Crippen molar-refractivity contribution in [3.8, 4) is 0 Å². The number of halogens is 1. The molecule has 0 saturated carbocycles. The minimum absolute atomic E-state index is 0.201. The molecule has 2 N–H and O–H groups in total. The van der Waals surface area contributed by atoms with Crippen molar-refractivity contribution in [2.24, 2.45) is 0 Å². The second-order valence-corrected chi connectivity index (χ2v) is 4.96. The van der Waals surface area contributed by atoms with Crippen LogP contribution in [0.25, 0.3) is 0 Å². The first-order valence-corrected chi connectivity index (χ1v) is 6.47. The molecule has 0 aliphatic heterocycles. The summed E-state index contributed by atoms with van der Waals surface area (Å²) >= 11 is 3.57. The summed E-state index contributed by atoms with van der Waals surface area (Å²) in [5.41, 5.74) is 1.26. The molecule has 3 nitrogen and oxygen atoms in total. The van der Waals surface area contributed by atoms with Gasteiger partial charge in [-0.1, -0.05) is 34.1 Å². The first-order chi connectivity index (χ1) is 8.18. The van der Waals surface area contributed by atoms with E-state index < -0.39 is 0 Å². The highest BCUT2D eigenvalue weighted by atomic mass is 79.9. The lowest BCUT2D eigenvalue weighted by molar-refractivity contribution is 0.478. The highest BCUT2D eigenvalue weighted by Gasteiger charge is 2.14. The molecule has 0 spiro atoms. The van der Waals surface area contributed by atoms with Crippen LogP contribution in [-0.2, 0) is 0 Å². The van der Waals surface area contributed by atoms with Crippen molar-refractivity contribution in [3.63, 3.8) is 0 Å². The van der Waals surface area contributed by atoms with E-state index in [9.17, 15) is 0 Å². The predicted molar refractivity (Wildman–Crippen MR) is 72.7 cm³/mol. The Kier molecular flexibility index (Phi) is 3.97. The van der Waals surface area contributed by atoms with Crippen molar-refractivity contribution in [1.82, 2.24) is 15.3 Å². The van der Waals surface area contributed by atoms with Crippen LogP contribution in [0.2, 0.25) is 0 Å². The van der Waals surface area contributed by atoms with Gasteiger partial charge in [-0.2, -0.15) is 0 Å². The summed E-state index contributed by atoms with van der Waals surface area (Å²) in [5.74, 6) is 0.962. The van der Waals surface area contributed by atoms with Crippen LogP contribution >= 0.6 is 15.9 Å². The number of benzene rings is 1. The molecule has 90 valence electrons. The molecule has 0 aliphatic rings. The minimum Gasteiger partial charge on any atom is -0.347 e. The highest BCUT2D eigenvalue weighted by molar-refractivity contribution is 9.10. The number of nitrogens with zero attached hydrogens (tertiary/aromatic N) is 1. The zero-order valence-electron chi connectivity index (χ0n) is 9.94. The SMILES string of the molecule is C[C@H](N[C@H](C)c1ncc[nH]1)c1ccccc1Br. The van der Waals surface area contributed by atoms with Crippen LogP contribution in [-0.4, -0.2) is 9.97 Å². The summed E-state index contributed by atoms with van der Waals surface area (Å²) in [4.78, 5) is 7.38. The van der Waals surface area contributed by atoms with Gasteiger partial charge in [0.05, 0.1) is 6.04 Å². The number of hydrogen-bond donors (Lipinski definition) is 2. The van der Waals surface area contributed by atoms with E-state index in [0.29, 0.717) is 0 Å². The summed E-state index contributed by atoms with van der Waals surface area (Å²) in [6, 6.07) is 8.73. The van der Waals surface area contributed by atoms with Gasteiger partial charge < -0.3 is 10.3 Å². The Labute approximate surface area is 110 Å². The minimum atomic E-state index is 0.201. The molecule has 1 heterocycles. The fourth-order valence-electron chi connectivity index (χ4n) is 1.88. The van der Waals surface area contributed by atoms with Crippen molar-refractivity contribution >= 4 is 15.9 Å². The second kappa shape index (κ2) is 5.47. The van der Waals surface area contributed by atoms with Gasteiger partial charge in [-0.05, 0) is 25.5 Å². The van der Waals surface area contributed by atoms with Crippen LogP contribution in [0.5, 0.6) is 0 Å². The van der Waals surface area contributed by atoms with E-state index in [1.165, 1.54) is 5.56 Å². The Balaban J connectivity index is 2.07. The quantitative estimate of drug-likeness (QED) is 0.904. The summed E-state index contributed by atoms with van der Waals surface area (Å²) in [6.07, 6.45) is 3.62. The third-order valence-corrected chi connectivity index (χ3v) is 3.52. The van der Waals surface area contributed by atoms with Crippen LogP contribution in [0.4, 0.5) is 0 Å². The van der Waals surface area contributed by atoms with Gasteiger partial charge in [0.15, 0.2) is 0 Å². The maximum atomic E-state index is 4.26. The van der Waals surface area contributed by atoms with E-state index in [1.54, 1.807) is 6.20 Å². The molecule has 0 amide bonds. The summed E-state index contributed by atoms with van der Waals surface area (Å²) in [6.45, 7) is 4.26. The van der Waals surface area contributed by atoms with E-state index in [-0.39, 0.29) is 12.1 Å². The van der Waals surface area contributed by atoms with Crippen LogP contribution in [0.3, 0.4) is 0 Å². The number of rotatable bonds is 4. The standard InChI is InChI=1S/C13H16BrN3/c1-9(11-5-3-4-6-12(11)14)17-10(2)13-15-7-8-16-13/h3-10,17H,1-2H3,(H,15,16)/t9-,10+/m0/s1. The molecule has 0 aliphatic carbocycles. The second-order valence-electron chi connectivity index (χ2n) is 4.11. The van der Waals surface area contributed by atoms with Crippen LogP contribution < -0.4 is 5.32 Å². The van der Waals surface area contributed by atoms with Crippen molar-refractivity contribution in [3.05, 3.63) is 52.5 Å². The molecular weight excluding hydrogens is 278 g/mol. The van der Waals surface area contributed by atoms with Crippen LogP contribution in [0.15, 0.2) is 41.1 Å². The Bertz CT molecular complexity index is 467. The number of hydrogen-bond acceptors (Lipinski definition) is 2. The molecule has 17 heavy (non-hydrogen) atoms. The molecule has 0 saturated heterocycles. The molecular formula is C13H16BrN3. The lowest BCUT2D eigenvalue weighted by atomic mass is 10.1. The van der Waals surface area contributed by atoms with Gasteiger partial charge in [-0.3, -0.25) is 0 Å². The monoisotopic (exact) mass is 293 g/mol. The van der Waals surface area contributed by atoms with E-state index in [1.807, 2.05) is 12.3 Å². The maximum absolute atomic E-state index is 4.26. The van der Waals surface area contributed by atoms with Crippen LogP contribution in [0, 0.1) is 0 Å². The molecule has 1 aromatic heterocycles. The van der Waals surface area contributed by atoms with Crippen molar-refractivity contribution in [1.29, 1.82) is 0 Å². The van der Waals surface area contributed by atoms with Crippen molar-refractivity contribution in [2.75, 3.05) is 0 Å². The largest absolute Gasteiger partial charge is 0.347 e. The molecule has 0 fully saturated rings. The molecule has 2 rings (SSSR count). The lowest BCUT2D eigenvalue weighted by Crippen LogP contribution is -2.23. The number of aromatic amines is 1.